The highest BCUT2D eigenvalue weighted by Crippen LogP contribution is 2.41. The third kappa shape index (κ3) is 19.6. The van der Waals surface area contributed by atoms with Gasteiger partial charge in [0.2, 0.25) is 0 Å². The zero-order valence-corrected chi connectivity index (χ0v) is 49.2. The number of methoxy groups -OCH3 is 1. The maximum atomic E-state index is 14.5. The van der Waals surface area contributed by atoms with Crippen molar-refractivity contribution >= 4 is 23.7 Å². The molecule has 0 spiro atoms. The molecule has 0 amide bonds. The third-order valence-electron chi connectivity index (χ3n) is 16.8. The Morgan fingerprint density at radius 2 is 1.36 bits per heavy atom. The number of likely N-dealkylation sites (N-methyl/N-ethyl adjacent to an activating group) is 1. The van der Waals surface area contributed by atoms with Crippen LogP contribution < -0.4 is 0 Å². The minimum absolute atomic E-state index is 0.0471. The van der Waals surface area contributed by atoms with Gasteiger partial charge >= 0.3 is 17.9 Å². The van der Waals surface area contributed by atoms with Crippen LogP contribution in [0.25, 0.3) is 0 Å². The number of esters is 2. The molecule has 17 heteroatoms. The van der Waals surface area contributed by atoms with E-state index in [1.165, 1.54) is 98.5 Å². The maximum absolute atomic E-state index is 14.5. The summed E-state index contributed by atoms with van der Waals surface area (Å²) in [6, 6.07) is -0.379. The van der Waals surface area contributed by atoms with Crippen molar-refractivity contribution in [2.75, 3.05) is 21.2 Å². The van der Waals surface area contributed by atoms with Crippen molar-refractivity contribution in [2.45, 2.75) is 289 Å². The van der Waals surface area contributed by atoms with Gasteiger partial charge in [0.15, 0.2) is 18.7 Å². The smallest absolute Gasteiger partial charge is 0.311 e. The van der Waals surface area contributed by atoms with Crippen molar-refractivity contribution in [3.63, 3.8) is 0 Å². The minimum Gasteiger partial charge on any atom is -0.481 e. The van der Waals surface area contributed by atoms with Crippen LogP contribution in [-0.4, -0.2) is 160 Å². The standard InChI is InChI=1S/C59H105NO16/c1-15-17-18-19-20-21-22-23-24-25-26-27-28-29-30-31-32-43(54(65)66)34-46(61)74-53-42(8)72-47(36-58(53,10)70-14)75-50-40(6)52(76-56-49(63)44(60(12)13)33-38(4)71-56)57(9,68)35-37(3)48(62)39(5)51(64)59(11,69)45(16-2)73-55(67)41(50)7/h31-32,37-45,47,49-53,56,63-64,68-69H,15-30,33-36H2,1-14H3,(H,65,66)/b32-31+/t37-,38?,39+,40+,41-,42?,43?,44?,45-,47?,49?,50+,51-,52-,53?,56?,57-,58?,59-/m1/s1. The number of ketones is 1. The molecule has 9 unspecified atom stereocenters. The fraction of sp³-hybridized carbons (Fsp3) is 0.898. The van der Waals surface area contributed by atoms with Gasteiger partial charge in [-0.2, -0.15) is 0 Å². The van der Waals surface area contributed by atoms with Crippen LogP contribution in [0.15, 0.2) is 12.2 Å². The molecule has 76 heavy (non-hydrogen) atoms. The molecule has 19 atom stereocenters. The van der Waals surface area contributed by atoms with Crippen molar-refractivity contribution in [2.24, 2.45) is 29.6 Å². The van der Waals surface area contributed by atoms with E-state index in [1.807, 2.05) is 32.0 Å². The zero-order chi connectivity index (χ0) is 57.1. The summed E-state index contributed by atoms with van der Waals surface area (Å²) < 4.78 is 44.3. The van der Waals surface area contributed by atoms with Gasteiger partial charge in [-0.15, -0.1) is 0 Å². The van der Waals surface area contributed by atoms with E-state index >= 15 is 0 Å². The second-order valence-corrected chi connectivity index (χ2v) is 23.9. The molecule has 3 heterocycles. The van der Waals surface area contributed by atoms with E-state index < -0.39 is 132 Å². The van der Waals surface area contributed by atoms with Crippen molar-refractivity contribution < 1.29 is 77.9 Å². The topological polar surface area (TPSA) is 237 Å². The molecule has 0 saturated carbocycles. The summed E-state index contributed by atoms with van der Waals surface area (Å²) in [7, 11) is 5.12. The Morgan fingerprint density at radius 3 is 1.88 bits per heavy atom. The number of hydrogen-bond acceptors (Lipinski definition) is 16. The van der Waals surface area contributed by atoms with E-state index in [-0.39, 0.29) is 31.4 Å². The highest BCUT2D eigenvalue weighted by atomic mass is 16.7. The number of carboxylic acid groups (broad SMARTS) is 1. The van der Waals surface area contributed by atoms with Crippen LogP contribution in [0.4, 0.5) is 0 Å². The molecule has 0 radical (unpaired) electrons. The van der Waals surface area contributed by atoms with Gasteiger partial charge in [-0.1, -0.05) is 130 Å². The molecular formula is C59H105NO16. The summed E-state index contributed by atoms with van der Waals surface area (Å²) in [5.41, 5.74) is -5.20. The van der Waals surface area contributed by atoms with Crippen LogP contribution in [0.2, 0.25) is 0 Å². The Balaban J connectivity index is 1.83. The van der Waals surface area contributed by atoms with Gasteiger partial charge in [-0.05, 0) is 87.7 Å². The normalized spacial score (nSPS) is 37.7. The summed E-state index contributed by atoms with van der Waals surface area (Å²) in [4.78, 5) is 56.4. The molecule has 0 aromatic rings. The van der Waals surface area contributed by atoms with Gasteiger partial charge in [-0.25, -0.2) is 0 Å². The number of aliphatic hydroxyl groups is 4. The van der Waals surface area contributed by atoms with Crippen molar-refractivity contribution in [3.05, 3.63) is 12.2 Å². The number of rotatable bonds is 27. The number of carbonyl (C=O) groups is 4. The molecule has 5 N–H and O–H groups in total. The molecule has 0 aromatic heterocycles. The van der Waals surface area contributed by atoms with Gasteiger partial charge < -0.3 is 63.6 Å². The second-order valence-electron chi connectivity index (χ2n) is 23.9. The lowest BCUT2D eigenvalue weighted by molar-refractivity contribution is -0.318. The van der Waals surface area contributed by atoms with Crippen molar-refractivity contribution in [1.29, 1.82) is 0 Å². The summed E-state index contributed by atoms with van der Waals surface area (Å²) in [6.45, 7) is 18.4. The fourth-order valence-corrected chi connectivity index (χ4v) is 11.9. The molecule has 3 aliphatic rings. The monoisotopic (exact) mass is 1080 g/mol. The van der Waals surface area contributed by atoms with Gasteiger partial charge in [0.1, 0.15) is 29.2 Å². The van der Waals surface area contributed by atoms with Crippen molar-refractivity contribution in [3.8, 4) is 0 Å². The van der Waals surface area contributed by atoms with Crippen LogP contribution in [0.3, 0.4) is 0 Å². The minimum atomic E-state index is -2.06. The first-order valence-corrected chi connectivity index (χ1v) is 29.1. The van der Waals surface area contributed by atoms with Gasteiger partial charge in [0, 0.05) is 37.3 Å². The molecule has 3 saturated heterocycles. The number of nitrogens with zero attached hydrogens (tertiary/aromatic N) is 1. The predicted molar refractivity (Wildman–Crippen MR) is 290 cm³/mol. The number of Topliss-reactive ketones (excluding diaryl/α,β-unsaturated/α-hetero) is 1. The van der Waals surface area contributed by atoms with E-state index in [0.29, 0.717) is 12.8 Å². The number of hydrogen-bond donors (Lipinski definition) is 5. The van der Waals surface area contributed by atoms with Crippen LogP contribution in [0, 0.1) is 29.6 Å². The molecule has 0 aliphatic carbocycles. The quantitative estimate of drug-likeness (QED) is 0.0293. The average Bonchev–Trinajstić information content (AvgIpc) is 3.35. The van der Waals surface area contributed by atoms with E-state index in [1.54, 1.807) is 47.6 Å². The first kappa shape index (κ1) is 67.7. The first-order valence-electron chi connectivity index (χ1n) is 29.1. The average molecular weight is 1080 g/mol. The molecule has 442 valence electrons. The Hall–Kier alpha value is -2.58. The summed E-state index contributed by atoms with van der Waals surface area (Å²) in [5, 5.41) is 57.8. The number of aliphatic carboxylic acids is 1. The number of carbonyl (C=O) groups excluding carboxylic acids is 3. The van der Waals surface area contributed by atoms with Crippen LogP contribution in [-0.2, 0) is 52.3 Å². The Labute approximate surface area is 456 Å². The summed E-state index contributed by atoms with van der Waals surface area (Å²) in [6.07, 6.45) is 10.3. The van der Waals surface area contributed by atoms with E-state index in [4.69, 9.17) is 33.2 Å². The third-order valence-corrected chi connectivity index (χ3v) is 16.8. The zero-order valence-electron chi connectivity index (χ0n) is 49.2. The molecule has 3 rings (SSSR count). The van der Waals surface area contributed by atoms with E-state index in [2.05, 4.69) is 6.92 Å². The number of unbranched alkanes of at least 4 members (excludes halogenated alkanes) is 14. The van der Waals surface area contributed by atoms with E-state index in [9.17, 15) is 44.7 Å². The number of ether oxygens (including phenoxy) is 7. The molecule has 3 fully saturated rings. The Bertz CT molecular complexity index is 1780. The second kappa shape index (κ2) is 32.0. The molecule has 0 aromatic carbocycles. The molecule has 0 bridgehead atoms. The van der Waals surface area contributed by atoms with Gasteiger partial charge in [-0.3, -0.25) is 19.2 Å². The van der Waals surface area contributed by atoms with Crippen LogP contribution >= 0.6 is 0 Å². The summed E-state index contributed by atoms with van der Waals surface area (Å²) in [5.74, 6) is -8.38. The van der Waals surface area contributed by atoms with Crippen molar-refractivity contribution in [1.82, 2.24) is 4.90 Å². The highest BCUT2D eigenvalue weighted by molar-refractivity contribution is 5.83. The largest absolute Gasteiger partial charge is 0.481 e. The summed E-state index contributed by atoms with van der Waals surface area (Å²) >= 11 is 0. The lowest BCUT2D eigenvalue weighted by Crippen LogP contribution is -2.61. The van der Waals surface area contributed by atoms with Gasteiger partial charge in [0.25, 0.3) is 0 Å². The predicted octanol–water partition coefficient (Wildman–Crippen LogP) is 8.86. The lowest BCUT2D eigenvalue weighted by Gasteiger charge is -2.49. The number of allylic oxidation sites excluding steroid dienone is 1. The molecular weight excluding hydrogens is 979 g/mol. The van der Waals surface area contributed by atoms with E-state index in [0.717, 1.165) is 19.3 Å². The molecule has 3 aliphatic heterocycles. The Kier molecular flexibility index (Phi) is 28.5. The fourth-order valence-electron chi connectivity index (χ4n) is 11.9. The van der Waals surface area contributed by atoms with Crippen LogP contribution in [0.5, 0.6) is 0 Å². The SMILES string of the molecule is CCCCCCCCCCCCCCCC/C=C/C(CC(=O)OC1C(C)OC(O[C@H]2[C@H](C)[C@@H](OC3OC(C)CC(N(C)C)C3O)[C@](C)(O)C[C@@H](C)C(=O)[C@H](C)[C@@H](O)[C@](C)(O)[C@@H](CC)OC(=O)[C@@H]2C)CC1(C)OC)C(=O)O. The maximum Gasteiger partial charge on any atom is 0.311 e. The highest BCUT2D eigenvalue weighted by Gasteiger charge is 2.54. The Morgan fingerprint density at radius 1 is 0.789 bits per heavy atom. The lowest BCUT2D eigenvalue weighted by atomic mass is 9.74. The number of cyclic esters (lactones) is 1. The van der Waals surface area contributed by atoms with Crippen LogP contribution in [0.1, 0.15) is 205 Å². The first-order chi connectivity index (χ1) is 35.7. The number of aliphatic hydroxyl groups excluding tert-OH is 2. The number of carboxylic acids is 1. The van der Waals surface area contributed by atoms with Gasteiger partial charge in [0.05, 0.1) is 54.4 Å². The molecule has 17 nitrogen and oxygen atoms in total.